The van der Waals surface area contributed by atoms with E-state index in [-0.39, 0.29) is 32.7 Å². The number of hydrogen-bond acceptors (Lipinski definition) is 8. The van der Waals surface area contributed by atoms with E-state index in [0.717, 1.165) is 38.9 Å². The molecule has 35 heavy (non-hydrogen) atoms. The summed E-state index contributed by atoms with van der Waals surface area (Å²) in [6.07, 6.45) is 5.14. The number of amides is 1. The van der Waals surface area contributed by atoms with E-state index in [1.807, 2.05) is 18.7 Å². The highest BCUT2D eigenvalue weighted by atomic mass is 32.2. The van der Waals surface area contributed by atoms with Gasteiger partial charge in [0.15, 0.2) is 5.03 Å². The molecule has 1 atom stereocenters. The molecule has 0 aliphatic carbocycles. The first kappa shape index (κ1) is 25.4. The van der Waals surface area contributed by atoms with Crippen molar-refractivity contribution in [3.8, 4) is 5.88 Å². The number of rotatable bonds is 8. The van der Waals surface area contributed by atoms with E-state index in [1.54, 1.807) is 12.1 Å². The molecule has 0 saturated carbocycles. The van der Waals surface area contributed by atoms with Gasteiger partial charge in [-0.25, -0.2) is 18.4 Å². The Bertz CT molecular complexity index is 1180. The van der Waals surface area contributed by atoms with Gasteiger partial charge < -0.3 is 20.1 Å². The number of carbonyl (C=O) groups is 1. The van der Waals surface area contributed by atoms with Crippen LogP contribution in [0.25, 0.3) is 0 Å². The van der Waals surface area contributed by atoms with Gasteiger partial charge in [0.2, 0.25) is 15.7 Å². The van der Waals surface area contributed by atoms with E-state index in [0.29, 0.717) is 25.0 Å². The van der Waals surface area contributed by atoms with Gasteiger partial charge in [-0.2, -0.15) is 0 Å². The molecule has 190 valence electrons. The summed E-state index contributed by atoms with van der Waals surface area (Å²) in [7, 11) is -4.16. The number of nitrogens with zero attached hydrogens (tertiary/aromatic N) is 3. The molecule has 9 nitrogen and oxygen atoms in total. The van der Waals surface area contributed by atoms with Crippen LogP contribution in [0.5, 0.6) is 5.88 Å². The highest BCUT2D eigenvalue weighted by molar-refractivity contribution is 7.91. The lowest BCUT2D eigenvalue weighted by atomic mass is 9.97. The van der Waals surface area contributed by atoms with E-state index >= 15 is 0 Å². The van der Waals surface area contributed by atoms with Crippen molar-refractivity contribution in [1.29, 1.82) is 0 Å². The molecule has 4 heterocycles. The highest BCUT2D eigenvalue weighted by Gasteiger charge is 2.40. The Kier molecular flexibility index (Phi) is 7.32. The molecule has 2 aliphatic heterocycles. The molecule has 1 unspecified atom stereocenters. The van der Waals surface area contributed by atoms with E-state index in [9.17, 15) is 13.2 Å². The van der Waals surface area contributed by atoms with E-state index < -0.39 is 15.7 Å². The van der Waals surface area contributed by atoms with Crippen molar-refractivity contribution in [2.75, 3.05) is 31.3 Å². The maximum Gasteiger partial charge on any atom is 0.253 e. The third-order valence-corrected chi connectivity index (χ3v) is 8.54. The zero-order valence-electron chi connectivity index (χ0n) is 20.6. The van der Waals surface area contributed by atoms with Crippen molar-refractivity contribution < 1.29 is 22.7 Å². The topological polar surface area (TPSA) is 125 Å². The van der Waals surface area contributed by atoms with Crippen LogP contribution in [0.1, 0.15) is 56.8 Å². The molecule has 1 amide bonds. The second-order valence-electron chi connectivity index (χ2n) is 10.1. The van der Waals surface area contributed by atoms with Gasteiger partial charge in [-0.15, -0.1) is 0 Å². The van der Waals surface area contributed by atoms with Gasteiger partial charge >= 0.3 is 0 Å². The third kappa shape index (κ3) is 5.43. The molecule has 0 bridgehead atoms. The monoisotopic (exact) mass is 502 g/mol. The lowest BCUT2D eigenvalue weighted by molar-refractivity contribution is 0.0591. The number of carbonyl (C=O) groups excluding carboxylic acids is 1. The van der Waals surface area contributed by atoms with Crippen LogP contribution in [-0.2, 0) is 14.6 Å². The molecular formula is C25H34N4O5S. The smallest absolute Gasteiger partial charge is 0.253 e. The van der Waals surface area contributed by atoms with Crippen LogP contribution in [0.15, 0.2) is 40.4 Å². The van der Waals surface area contributed by atoms with E-state index in [1.165, 1.54) is 18.3 Å². The largest absolute Gasteiger partial charge is 0.478 e. The Labute approximate surface area is 207 Å². The van der Waals surface area contributed by atoms with Crippen molar-refractivity contribution in [3.63, 3.8) is 0 Å². The first-order chi connectivity index (χ1) is 16.6. The van der Waals surface area contributed by atoms with Crippen LogP contribution in [0.2, 0.25) is 0 Å². The second kappa shape index (κ2) is 10.1. The third-order valence-electron chi connectivity index (χ3n) is 6.85. The average molecular weight is 503 g/mol. The van der Waals surface area contributed by atoms with Crippen LogP contribution >= 0.6 is 0 Å². The molecule has 2 aromatic heterocycles. The van der Waals surface area contributed by atoms with Crippen LogP contribution in [0.4, 0.5) is 5.82 Å². The lowest BCUT2D eigenvalue weighted by Gasteiger charge is -2.33. The van der Waals surface area contributed by atoms with E-state index in [4.69, 9.17) is 15.2 Å². The zero-order chi connectivity index (χ0) is 25.2. The van der Waals surface area contributed by atoms with Gasteiger partial charge in [-0.1, -0.05) is 13.0 Å². The van der Waals surface area contributed by atoms with Crippen molar-refractivity contribution in [3.05, 3.63) is 36.0 Å². The number of ether oxygens (including phenoxy) is 2. The van der Waals surface area contributed by atoms with Crippen LogP contribution in [0, 0.1) is 11.8 Å². The number of primary amides is 1. The summed E-state index contributed by atoms with van der Waals surface area (Å²) >= 11 is 0. The molecule has 0 radical (unpaired) electrons. The molecule has 2 aromatic rings. The molecular weight excluding hydrogens is 468 g/mol. The molecule has 0 spiro atoms. The van der Waals surface area contributed by atoms with Gasteiger partial charge in [0.25, 0.3) is 5.91 Å². The van der Waals surface area contributed by atoms with Gasteiger partial charge in [-0.05, 0) is 63.5 Å². The number of sulfone groups is 1. The number of nitrogens with two attached hydrogens (primary N) is 1. The molecule has 10 heteroatoms. The predicted molar refractivity (Wildman–Crippen MR) is 131 cm³/mol. The SMILES string of the molecule is CC1CN(c2nccc(S(=O)(=O)c3cccc(OCCC4CCOCC4)n3)c2C(N)=O)C(C)(C)C1. The summed E-state index contributed by atoms with van der Waals surface area (Å²) in [5, 5.41) is -0.199. The fourth-order valence-electron chi connectivity index (χ4n) is 5.16. The summed E-state index contributed by atoms with van der Waals surface area (Å²) in [5.41, 5.74) is 5.32. The Hall–Kier alpha value is -2.72. The van der Waals surface area contributed by atoms with Crippen molar-refractivity contribution in [2.24, 2.45) is 17.6 Å². The summed E-state index contributed by atoms with van der Waals surface area (Å²) in [4.78, 5) is 23.0. The van der Waals surface area contributed by atoms with Crippen LogP contribution in [-0.4, -0.2) is 56.2 Å². The minimum Gasteiger partial charge on any atom is -0.478 e. The van der Waals surface area contributed by atoms with Crippen LogP contribution < -0.4 is 15.4 Å². The Morgan fingerprint density at radius 1 is 1.26 bits per heavy atom. The fraction of sp³-hybridized carbons (Fsp3) is 0.560. The molecule has 0 aromatic carbocycles. The standard InChI is InChI=1S/C25H34N4O5S/c1-17-15-25(2,3)29(16-17)24-22(23(26)30)19(7-11-27-24)35(31,32)21-6-4-5-20(28-21)34-14-10-18-8-12-33-13-9-18/h4-7,11,17-18H,8-10,12-16H2,1-3H3,(H2,26,30). The Balaban J connectivity index is 1.62. The minimum absolute atomic E-state index is 0.109. The summed E-state index contributed by atoms with van der Waals surface area (Å²) in [5.74, 6) is 0.566. The number of pyridine rings is 2. The molecule has 2 aliphatic rings. The maximum absolute atomic E-state index is 13.6. The summed E-state index contributed by atoms with van der Waals surface area (Å²) in [6.45, 7) is 8.83. The van der Waals surface area contributed by atoms with E-state index in [2.05, 4.69) is 16.9 Å². The minimum atomic E-state index is -4.16. The first-order valence-corrected chi connectivity index (χ1v) is 13.6. The van der Waals surface area contributed by atoms with Crippen molar-refractivity contribution >= 4 is 21.6 Å². The summed E-state index contributed by atoms with van der Waals surface area (Å²) < 4.78 is 38.4. The number of anilines is 1. The maximum atomic E-state index is 13.6. The van der Waals surface area contributed by atoms with Gasteiger partial charge in [0.05, 0.1) is 11.5 Å². The molecule has 4 rings (SSSR count). The van der Waals surface area contributed by atoms with Gasteiger partial charge in [0, 0.05) is 37.6 Å². The second-order valence-corrected chi connectivity index (χ2v) is 12.0. The number of hydrogen-bond donors (Lipinski definition) is 1. The first-order valence-electron chi connectivity index (χ1n) is 12.1. The van der Waals surface area contributed by atoms with Gasteiger partial charge in [0.1, 0.15) is 11.4 Å². The number of aromatic nitrogens is 2. The lowest BCUT2D eigenvalue weighted by Crippen LogP contribution is -2.40. The normalized spacial score (nSPS) is 20.7. The predicted octanol–water partition coefficient (Wildman–Crippen LogP) is 3.23. The zero-order valence-corrected chi connectivity index (χ0v) is 21.4. The Morgan fingerprint density at radius 3 is 2.66 bits per heavy atom. The van der Waals surface area contributed by atoms with Crippen molar-refractivity contribution in [1.82, 2.24) is 9.97 Å². The van der Waals surface area contributed by atoms with Gasteiger partial charge in [-0.3, -0.25) is 4.79 Å². The molecule has 2 fully saturated rings. The average Bonchev–Trinajstić information content (AvgIpc) is 3.11. The Morgan fingerprint density at radius 2 is 2.00 bits per heavy atom. The van der Waals surface area contributed by atoms with Crippen LogP contribution in [0.3, 0.4) is 0 Å². The fourth-order valence-corrected chi connectivity index (χ4v) is 6.55. The van der Waals surface area contributed by atoms with Crippen molar-refractivity contribution in [2.45, 2.75) is 61.9 Å². The molecule has 2 N–H and O–H groups in total. The molecule has 2 saturated heterocycles. The quantitative estimate of drug-likeness (QED) is 0.583. The highest BCUT2D eigenvalue weighted by Crippen LogP contribution is 2.39. The summed E-state index contributed by atoms with van der Waals surface area (Å²) in [6, 6.07) is 5.92.